The third-order valence-electron chi connectivity index (χ3n) is 3.84. The molecule has 110 valence electrons. The largest absolute Gasteiger partial charge is 0.461 e. The molecule has 2 aromatic rings. The lowest BCUT2D eigenvalue weighted by Gasteiger charge is -2.21. The second-order valence-electron chi connectivity index (χ2n) is 5.64. The van der Waals surface area contributed by atoms with Crippen LogP contribution in [0.2, 0.25) is 0 Å². The zero-order valence-corrected chi connectivity index (χ0v) is 12.4. The molecule has 1 aliphatic rings. The highest BCUT2D eigenvalue weighted by Gasteiger charge is 2.32. The average molecular weight is 298 g/mol. The number of nitrogens with zero attached hydrogens (tertiary/aromatic N) is 2. The molecule has 0 aromatic carbocycles. The zero-order chi connectivity index (χ0) is 13.3. The van der Waals surface area contributed by atoms with E-state index in [0.717, 1.165) is 38.3 Å². The SMILES string of the molecule is CC1(CN)CCN(Cc2cc(-c3ccco3)on2)C1.Cl. The number of hydrogen-bond acceptors (Lipinski definition) is 5. The van der Waals surface area contributed by atoms with E-state index in [4.69, 9.17) is 14.7 Å². The summed E-state index contributed by atoms with van der Waals surface area (Å²) in [5.41, 5.74) is 7.00. The van der Waals surface area contributed by atoms with Gasteiger partial charge in [-0.1, -0.05) is 12.1 Å². The minimum absolute atomic E-state index is 0. The molecule has 1 fully saturated rings. The zero-order valence-electron chi connectivity index (χ0n) is 11.5. The van der Waals surface area contributed by atoms with Crippen LogP contribution in [0, 0.1) is 5.41 Å². The summed E-state index contributed by atoms with van der Waals surface area (Å²) in [5.74, 6) is 1.40. The molecule has 0 amide bonds. The molecule has 1 atom stereocenters. The molecule has 2 aromatic heterocycles. The molecular formula is C14H20ClN3O2. The van der Waals surface area contributed by atoms with Crippen molar-refractivity contribution in [1.29, 1.82) is 0 Å². The summed E-state index contributed by atoms with van der Waals surface area (Å²) >= 11 is 0. The predicted octanol–water partition coefficient (Wildman–Crippen LogP) is 2.53. The molecule has 3 rings (SSSR count). The van der Waals surface area contributed by atoms with Gasteiger partial charge in [0.1, 0.15) is 0 Å². The van der Waals surface area contributed by atoms with Crippen molar-refractivity contribution >= 4 is 12.4 Å². The molecule has 0 saturated carbocycles. The van der Waals surface area contributed by atoms with Crippen LogP contribution >= 0.6 is 12.4 Å². The monoisotopic (exact) mass is 297 g/mol. The van der Waals surface area contributed by atoms with Gasteiger partial charge in [-0.15, -0.1) is 12.4 Å². The summed E-state index contributed by atoms with van der Waals surface area (Å²) in [6.45, 7) is 5.87. The van der Waals surface area contributed by atoms with Gasteiger partial charge >= 0.3 is 0 Å². The molecule has 3 heterocycles. The van der Waals surface area contributed by atoms with Gasteiger partial charge in [0, 0.05) is 19.2 Å². The Bertz CT molecular complexity index is 540. The number of hydrogen-bond donors (Lipinski definition) is 1. The van der Waals surface area contributed by atoms with Crippen molar-refractivity contribution in [2.75, 3.05) is 19.6 Å². The van der Waals surface area contributed by atoms with Crippen LogP contribution in [0.1, 0.15) is 19.0 Å². The number of furan rings is 1. The average Bonchev–Trinajstić information content (AvgIpc) is 3.11. The molecule has 5 nitrogen and oxygen atoms in total. The van der Waals surface area contributed by atoms with Gasteiger partial charge in [-0.25, -0.2) is 0 Å². The second kappa shape index (κ2) is 5.99. The number of aromatic nitrogens is 1. The third-order valence-corrected chi connectivity index (χ3v) is 3.84. The van der Waals surface area contributed by atoms with Crippen LogP contribution in [0.3, 0.4) is 0 Å². The summed E-state index contributed by atoms with van der Waals surface area (Å²) in [6.07, 6.45) is 2.77. The first-order valence-electron chi connectivity index (χ1n) is 6.60. The maximum atomic E-state index is 5.82. The lowest BCUT2D eigenvalue weighted by molar-refractivity contribution is 0.267. The number of nitrogens with two attached hydrogens (primary N) is 1. The van der Waals surface area contributed by atoms with E-state index in [1.54, 1.807) is 6.26 Å². The van der Waals surface area contributed by atoms with Crippen molar-refractivity contribution in [1.82, 2.24) is 10.1 Å². The van der Waals surface area contributed by atoms with Crippen LogP contribution in [-0.2, 0) is 6.54 Å². The highest BCUT2D eigenvalue weighted by molar-refractivity contribution is 5.85. The van der Waals surface area contributed by atoms with Crippen LogP contribution in [0.15, 0.2) is 33.4 Å². The van der Waals surface area contributed by atoms with Crippen molar-refractivity contribution in [2.45, 2.75) is 19.9 Å². The van der Waals surface area contributed by atoms with Gasteiger partial charge in [0.2, 0.25) is 5.76 Å². The fraction of sp³-hybridized carbons (Fsp3) is 0.500. The Morgan fingerprint density at radius 1 is 1.45 bits per heavy atom. The molecule has 6 heteroatoms. The standard InChI is InChI=1S/C14H19N3O2.ClH/c1-14(9-15)4-5-17(10-14)8-11-7-13(19-16-11)12-3-2-6-18-12;/h2-3,6-7H,4-5,8-10,15H2,1H3;1H. The Labute approximate surface area is 124 Å². The quantitative estimate of drug-likeness (QED) is 0.939. The van der Waals surface area contributed by atoms with E-state index >= 15 is 0 Å². The Kier molecular flexibility index (Phi) is 4.52. The van der Waals surface area contributed by atoms with Crippen molar-refractivity contribution in [3.05, 3.63) is 30.2 Å². The second-order valence-corrected chi connectivity index (χ2v) is 5.64. The van der Waals surface area contributed by atoms with Crippen LogP contribution in [0.5, 0.6) is 0 Å². The highest BCUT2D eigenvalue weighted by Crippen LogP contribution is 2.30. The van der Waals surface area contributed by atoms with Crippen LogP contribution < -0.4 is 5.73 Å². The third kappa shape index (κ3) is 3.06. The Balaban J connectivity index is 0.00000147. The molecule has 1 aliphatic heterocycles. The fourth-order valence-corrected chi connectivity index (χ4v) is 2.58. The summed E-state index contributed by atoms with van der Waals surface area (Å²) in [6, 6.07) is 5.65. The maximum absolute atomic E-state index is 5.82. The Hall–Kier alpha value is -1.30. The van der Waals surface area contributed by atoms with Gasteiger partial charge < -0.3 is 14.7 Å². The van der Waals surface area contributed by atoms with Gasteiger partial charge in [0.15, 0.2) is 5.76 Å². The van der Waals surface area contributed by atoms with Gasteiger partial charge in [-0.2, -0.15) is 0 Å². The van der Waals surface area contributed by atoms with Crippen LogP contribution in [0.25, 0.3) is 11.5 Å². The van der Waals surface area contributed by atoms with Gasteiger partial charge in [0.05, 0.1) is 12.0 Å². The number of likely N-dealkylation sites (tertiary alicyclic amines) is 1. The van der Waals surface area contributed by atoms with E-state index < -0.39 is 0 Å². The fourth-order valence-electron chi connectivity index (χ4n) is 2.58. The van der Waals surface area contributed by atoms with Crippen molar-refractivity contribution in [2.24, 2.45) is 11.1 Å². The minimum Gasteiger partial charge on any atom is -0.461 e. The lowest BCUT2D eigenvalue weighted by Crippen LogP contribution is -2.31. The summed E-state index contributed by atoms with van der Waals surface area (Å²) < 4.78 is 10.6. The smallest absolute Gasteiger partial charge is 0.202 e. The van der Waals surface area contributed by atoms with E-state index in [-0.39, 0.29) is 17.8 Å². The topological polar surface area (TPSA) is 68.4 Å². The molecular weight excluding hydrogens is 278 g/mol. The molecule has 1 saturated heterocycles. The summed E-state index contributed by atoms with van der Waals surface area (Å²) in [7, 11) is 0. The van der Waals surface area contributed by atoms with Crippen molar-refractivity contribution in [3.8, 4) is 11.5 Å². The molecule has 0 aliphatic carbocycles. The lowest BCUT2D eigenvalue weighted by atomic mass is 9.90. The highest BCUT2D eigenvalue weighted by atomic mass is 35.5. The van der Waals surface area contributed by atoms with E-state index in [2.05, 4.69) is 17.0 Å². The Morgan fingerprint density at radius 2 is 2.30 bits per heavy atom. The van der Waals surface area contributed by atoms with Crippen molar-refractivity contribution < 1.29 is 8.94 Å². The normalized spacial score (nSPS) is 22.9. The Morgan fingerprint density at radius 3 is 2.95 bits per heavy atom. The first-order chi connectivity index (χ1) is 9.18. The molecule has 1 unspecified atom stereocenters. The number of halogens is 1. The van der Waals surface area contributed by atoms with Crippen LogP contribution in [0.4, 0.5) is 0 Å². The predicted molar refractivity (Wildman–Crippen MR) is 78.5 cm³/mol. The van der Waals surface area contributed by atoms with Gasteiger partial charge in [0.25, 0.3) is 0 Å². The molecule has 0 radical (unpaired) electrons. The number of rotatable bonds is 4. The van der Waals surface area contributed by atoms with Crippen molar-refractivity contribution in [3.63, 3.8) is 0 Å². The van der Waals surface area contributed by atoms with E-state index in [1.807, 2.05) is 18.2 Å². The van der Waals surface area contributed by atoms with Crippen LogP contribution in [-0.4, -0.2) is 29.7 Å². The molecule has 2 N–H and O–H groups in total. The molecule has 0 bridgehead atoms. The van der Waals surface area contributed by atoms with Gasteiger partial charge in [-0.3, -0.25) is 4.90 Å². The summed E-state index contributed by atoms with van der Waals surface area (Å²) in [5, 5.41) is 4.10. The van der Waals surface area contributed by atoms with E-state index in [0.29, 0.717) is 11.5 Å². The van der Waals surface area contributed by atoms with E-state index in [1.165, 1.54) is 0 Å². The van der Waals surface area contributed by atoms with E-state index in [9.17, 15) is 0 Å². The molecule has 20 heavy (non-hydrogen) atoms. The minimum atomic E-state index is 0. The van der Waals surface area contributed by atoms with Gasteiger partial charge in [-0.05, 0) is 37.1 Å². The maximum Gasteiger partial charge on any atom is 0.202 e. The summed E-state index contributed by atoms with van der Waals surface area (Å²) in [4.78, 5) is 2.37. The first kappa shape index (κ1) is 15.1. The first-order valence-corrected chi connectivity index (χ1v) is 6.60. The molecule has 0 spiro atoms.